The molecular weight excluding hydrogens is 236 g/mol. The molecule has 0 aliphatic rings. The Morgan fingerprint density at radius 3 is 2.47 bits per heavy atom. The van der Waals surface area contributed by atoms with Crippen LogP contribution >= 0.6 is 0 Å². The first-order valence-electron chi connectivity index (χ1n) is 6.07. The number of nitrogens with zero attached hydrogens (tertiary/aromatic N) is 1. The average molecular weight is 252 g/mol. The van der Waals surface area contributed by atoms with Gasteiger partial charge in [0, 0.05) is 11.8 Å². The number of hydrogen-bond acceptors (Lipinski definition) is 3. The van der Waals surface area contributed by atoms with Gasteiger partial charge in [0.25, 0.3) is 0 Å². The molecular formula is C16H16N2O. The summed E-state index contributed by atoms with van der Waals surface area (Å²) in [6, 6.07) is 11.4. The average Bonchev–Trinajstić information content (AvgIpc) is 2.38. The van der Waals surface area contributed by atoms with Crippen LogP contribution < -0.4 is 10.5 Å². The van der Waals surface area contributed by atoms with Crippen LogP contribution in [-0.2, 0) is 0 Å². The Labute approximate surface area is 113 Å². The molecule has 0 amide bonds. The van der Waals surface area contributed by atoms with Gasteiger partial charge in [-0.3, -0.25) is 0 Å². The van der Waals surface area contributed by atoms with Crippen molar-refractivity contribution in [1.82, 2.24) is 0 Å². The van der Waals surface area contributed by atoms with Crippen molar-refractivity contribution in [2.45, 2.75) is 20.8 Å². The van der Waals surface area contributed by atoms with Crippen LogP contribution in [0.1, 0.15) is 22.3 Å². The van der Waals surface area contributed by atoms with Crippen LogP contribution in [0.2, 0.25) is 0 Å². The fraction of sp³-hybridized carbons (Fsp3) is 0.188. The molecule has 96 valence electrons. The lowest BCUT2D eigenvalue weighted by molar-refractivity contribution is 0.474. The second-order valence-corrected chi connectivity index (χ2v) is 4.64. The van der Waals surface area contributed by atoms with E-state index in [9.17, 15) is 0 Å². The lowest BCUT2D eigenvalue weighted by atomic mass is 10.1. The maximum Gasteiger partial charge on any atom is 0.148 e. The minimum absolute atomic E-state index is 0.526. The minimum atomic E-state index is 0.526. The molecule has 2 N–H and O–H groups in total. The number of rotatable bonds is 2. The summed E-state index contributed by atoms with van der Waals surface area (Å²) in [5, 5.41) is 9.13. The van der Waals surface area contributed by atoms with Crippen LogP contribution in [-0.4, -0.2) is 0 Å². The Morgan fingerprint density at radius 1 is 1.05 bits per heavy atom. The van der Waals surface area contributed by atoms with Gasteiger partial charge in [0.15, 0.2) is 0 Å². The summed E-state index contributed by atoms with van der Waals surface area (Å²) in [7, 11) is 0. The third kappa shape index (κ3) is 2.53. The summed E-state index contributed by atoms with van der Waals surface area (Å²) in [5.74, 6) is 1.28. The first-order chi connectivity index (χ1) is 9.02. The molecule has 0 unspecified atom stereocenters. The van der Waals surface area contributed by atoms with Crippen LogP contribution in [0.5, 0.6) is 11.5 Å². The Morgan fingerprint density at radius 2 is 1.79 bits per heavy atom. The highest BCUT2D eigenvalue weighted by Gasteiger charge is 2.10. The number of para-hydroxylation sites is 1. The van der Waals surface area contributed by atoms with Crippen LogP contribution in [0, 0.1) is 32.1 Å². The highest BCUT2D eigenvalue weighted by Crippen LogP contribution is 2.32. The van der Waals surface area contributed by atoms with Crippen LogP contribution in [0.3, 0.4) is 0 Å². The maximum atomic E-state index is 9.13. The maximum absolute atomic E-state index is 9.13. The Hall–Kier alpha value is -2.47. The molecule has 19 heavy (non-hydrogen) atoms. The van der Waals surface area contributed by atoms with E-state index in [0.29, 0.717) is 22.7 Å². The van der Waals surface area contributed by atoms with Crippen LogP contribution in [0.4, 0.5) is 5.69 Å². The van der Waals surface area contributed by atoms with Gasteiger partial charge in [0.2, 0.25) is 0 Å². The Bertz CT molecular complexity index is 669. The number of hydrogen-bond donors (Lipinski definition) is 1. The van der Waals surface area contributed by atoms with E-state index < -0.39 is 0 Å². The van der Waals surface area contributed by atoms with E-state index in [2.05, 4.69) is 6.07 Å². The van der Waals surface area contributed by atoms with E-state index in [0.717, 1.165) is 16.7 Å². The number of anilines is 1. The zero-order chi connectivity index (χ0) is 14.0. The smallest absolute Gasteiger partial charge is 0.148 e. The molecule has 0 fully saturated rings. The molecule has 2 rings (SSSR count). The summed E-state index contributed by atoms with van der Waals surface area (Å²) in [6.45, 7) is 5.84. The molecule has 0 saturated carbocycles. The Balaban J connectivity index is 2.48. The van der Waals surface area contributed by atoms with Crippen molar-refractivity contribution in [2.75, 3.05) is 5.73 Å². The van der Waals surface area contributed by atoms with Gasteiger partial charge in [-0.25, -0.2) is 0 Å². The second-order valence-electron chi connectivity index (χ2n) is 4.64. The molecule has 2 aromatic carbocycles. The van der Waals surface area contributed by atoms with Crippen molar-refractivity contribution in [3.05, 3.63) is 52.6 Å². The molecule has 0 radical (unpaired) electrons. The van der Waals surface area contributed by atoms with Crippen molar-refractivity contribution in [3.8, 4) is 17.6 Å². The molecule has 0 atom stereocenters. The molecule has 2 aromatic rings. The zero-order valence-electron chi connectivity index (χ0n) is 11.3. The van der Waals surface area contributed by atoms with Gasteiger partial charge in [-0.1, -0.05) is 18.2 Å². The first kappa shape index (κ1) is 13.0. The standard InChI is InChI=1S/C16H16N2O/c1-10-5-4-6-13(9-17)16(10)19-15-8-14(18)11(2)7-12(15)3/h4-8H,18H2,1-3H3. The largest absolute Gasteiger partial charge is 0.455 e. The van der Waals surface area contributed by atoms with E-state index >= 15 is 0 Å². The summed E-state index contributed by atoms with van der Waals surface area (Å²) < 4.78 is 5.90. The third-order valence-corrected chi connectivity index (χ3v) is 3.11. The lowest BCUT2D eigenvalue weighted by Crippen LogP contribution is -1.96. The van der Waals surface area contributed by atoms with Crippen molar-refractivity contribution in [1.29, 1.82) is 5.26 Å². The second kappa shape index (κ2) is 5.03. The molecule has 0 aliphatic heterocycles. The van der Waals surface area contributed by atoms with Gasteiger partial charge in [-0.2, -0.15) is 5.26 Å². The highest BCUT2D eigenvalue weighted by molar-refractivity contribution is 5.57. The molecule has 3 heteroatoms. The highest BCUT2D eigenvalue weighted by atomic mass is 16.5. The van der Waals surface area contributed by atoms with Gasteiger partial charge in [-0.15, -0.1) is 0 Å². The lowest BCUT2D eigenvalue weighted by Gasteiger charge is -2.14. The SMILES string of the molecule is Cc1cc(C)c(Oc2c(C)cccc2C#N)cc1N. The summed E-state index contributed by atoms with van der Waals surface area (Å²) >= 11 is 0. The molecule has 0 bridgehead atoms. The van der Waals surface area contributed by atoms with Gasteiger partial charge in [0.1, 0.15) is 17.6 Å². The van der Waals surface area contributed by atoms with Gasteiger partial charge in [-0.05, 0) is 43.5 Å². The fourth-order valence-corrected chi connectivity index (χ4v) is 1.94. The van der Waals surface area contributed by atoms with E-state index in [4.69, 9.17) is 15.7 Å². The zero-order valence-corrected chi connectivity index (χ0v) is 11.3. The van der Waals surface area contributed by atoms with Crippen molar-refractivity contribution in [3.63, 3.8) is 0 Å². The first-order valence-corrected chi connectivity index (χ1v) is 6.07. The number of nitriles is 1. The van der Waals surface area contributed by atoms with E-state index in [1.54, 1.807) is 12.1 Å². The molecule has 0 heterocycles. The fourth-order valence-electron chi connectivity index (χ4n) is 1.94. The summed E-state index contributed by atoms with van der Waals surface area (Å²) in [6.07, 6.45) is 0. The number of benzene rings is 2. The Kier molecular flexibility index (Phi) is 3.43. The van der Waals surface area contributed by atoms with Crippen molar-refractivity contribution < 1.29 is 4.74 Å². The van der Waals surface area contributed by atoms with Crippen molar-refractivity contribution in [2.24, 2.45) is 0 Å². The van der Waals surface area contributed by atoms with Gasteiger partial charge < -0.3 is 10.5 Å². The number of aryl methyl sites for hydroxylation is 3. The normalized spacial score (nSPS) is 10.0. The third-order valence-electron chi connectivity index (χ3n) is 3.11. The van der Waals surface area contributed by atoms with Crippen LogP contribution in [0.15, 0.2) is 30.3 Å². The molecule has 0 saturated heterocycles. The quantitative estimate of drug-likeness (QED) is 0.826. The molecule has 3 nitrogen and oxygen atoms in total. The number of nitrogen functional groups attached to an aromatic ring is 1. The molecule has 0 spiro atoms. The predicted molar refractivity (Wildman–Crippen MR) is 76.3 cm³/mol. The number of nitrogens with two attached hydrogens (primary N) is 1. The van der Waals surface area contributed by atoms with Crippen molar-refractivity contribution >= 4 is 5.69 Å². The molecule has 0 aromatic heterocycles. The van der Waals surface area contributed by atoms with E-state index in [-0.39, 0.29) is 0 Å². The summed E-state index contributed by atoms with van der Waals surface area (Å²) in [5.41, 5.74) is 10.1. The number of ether oxygens (including phenoxy) is 1. The monoisotopic (exact) mass is 252 g/mol. The predicted octanol–water partition coefficient (Wildman–Crippen LogP) is 3.86. The molecule has 0 aliphatic carbocycles. The topological polar surface area (TPSA) is 59.0 Å². The minimum Gasteiger partial charge on any atom is -0.455 e. The van der Waals surface area contributed by atoms with E-state index in [1.165, 1.54) is 0 Å². The van der Waals surface area contributed by atoms with Gasteiger partial charge >= 0.3 is 0 Å². The van der Waals surface area contributed by atoms with Gasteiger partial charge in [0.05, 0.1) is 5.56 Å². The van der Waals surface area contributed by atoms with Crippen LogP contribution in [0.25, 0.3) is 0 Å². The van der Waals surface area contributed by atoms with E-state index in [1.807, 2.05) is 39.0 Å². The summed E-state index contributed by atoms with van der Waals surface area (Å²) in [4.78, 5) is 0.